The Kier molecular flexibility index (Phi) is 4.61. The van der Waals surface area contributed by atoms with Crippen molar-refractivity contribution in [2.45, 2.75) is 39.8 Å². The van der Waals surface area contributed by atoms with E-state index < -0.39 is 0 Å². The molecule has 19 heavy (non-hydrogen) atoms. The highest BCUT2D eigenvalue weighted by molar-refractivity contribution is 5.38. The van der Waals surface area contributed by atoms with E-state index in [0.29, 0.717) is 0 Å². The van der Waals surface area contributed by atoms with Crippen LogP contribution in [-0.4, -0.2) is 37.2 Å². The highest BCUT2D eigenvalue weighted by atomic mass is 16.5. The largest absolute Gasteiger partial charge is 0.374 e. The standard InChI is InChI=1S/C16H26N2O/c1-5-18-6-7-19-15(10-18)16(17)14-9-12(3)11(2)8-13(14)4/h8-9,15-16H,5-7,10,17H2,1-4H3. The van der Waals surface area contributed by atoms with Gasteiger partial charge in [0.1, 0.15) is 0 Å². The average molecular weight is 262 g/mol. The number of benzene rings is 1. The molecular weight excluding hydrogens is 236 g/mol. The predicted octanol–water partition coefficient (Wildman–Crippen LogP) is 2.33. The average Bonchev–Trinajstić information content (AvgIpc) is 2.42. The van der Waals surface area contributed by atoms with Crippen LogP contribution in [0.2, 0.25) is 0 Å². The number of nitrogens with zero attached hydrogens (tertiary/aromatic N) is 1. The van der Waals surface area contributed by atoms with E-state index in [1.807, 2.05) is 0 Å². The van der Waals surface area contributed by atoms with Gasteiger partial charge in [-0.25, -0.2) is 0 Å². The Hall–Kier alpha value is -0.900. The molecule has 1 aliphatic heterocycles. The van der Waals surface area contributed by atoms with Crippen LogP contribution in [0.25, 0.3) is 0 Å². The summed E-state index contributed by atoms with van der Waals surface area (Å²) >= 11 is 0. The maximum absolute atomic E-state index is 6.45. The van der Waals surface area contributed by atoms with Gasteiger partial charge >= 0.3 is 0 Å². The molecule has 0 saturated carbocycles. The number of aryl methyl sites for hydroxylation is 3. The van der Waals surface area contributed by atoms with E-state index in [4.69, 9.17) is 10.5 Å². The van der Waals surface area contributed by atoms with Crippen LogP contribution < -0.4 is 5.73 Å². The molecule has 2 N–H and O–H groups in total. The molecule has 2 rings (SSSR count). The number of morpholine rings is 1. The zero-order valence-corrected chi connectivity index (χ0v) is 12.6. The van der Waals surface area contributed by atoms with Crippen molar-refractivity contribution in [3.8, 4) is 0 Å². The van der Waals surface area contributed by atoms with Crippen LogP contribution in [0, 0.1) is 20.8 Å². The van der Waals surface area contributed by atoms with E-state index >= 15 is 0 Å². The van der Waals surface area contributed by atoms with Crippen LogP contribution in [0.15, 0.2) is 12.1 Å². The summed E-state index contributed by atoms with van der Waals surface area (Å²) in [5.74, 6) is 0. The van der Waals surface area contributed by atoms with E-state index in [-0.39, 0.29) is 12.1 Å². The van der Waals surface area contributed by atoms with E-state index in [2.05, 4.69) is 44.7 Å². The van der Waals surface area contributed by atoms with Gasteiger partial charge in [0, 0.05) is 13.1 Å². The van der Waals surface area contributed by atoms with Crippen molar-refractivity contribution >= 4 is 0 Å². The summed E-state index contributed by atoms with van der Waals surface area (Å²) in [6.45, 7) is 12.4. The number of hydrogen-bond acceptors (Lipinski definition) is 3. The van der Waals surface area contributed by atoms with Crippen molar-refractivity contribution in [1.82, 2.24) is 4.90 Å². The molecule has 0 aliphatic carbocycles. The summed E-state index contributed by atoms with van der Waals surface area (Å²) < 4.78 is 5.88. The zero-order valence-electron chi connectivity index (χ0n) is 12.6. The SMILES string of the molecule is CCN1CCOC(C(N)c2cc(C)c(C)cc2C)C1. The van der Waals surface area contributed by atoms with Crippen molar-refractivity contribution in [2.75, 3.05) is 26.2 Å². The zero-order chi connectivity index (χ0) is 14.0. The van der Waals surface area contributed by atoms with Crippen molar-refractivity contribution in [1.29, 1.82) is 0 Å². The van der Waals surface area contributed by atoms with E-state index in [1.54, 1.807) is 0 Å². The minimum Gasteiger partial charge on any atom is -0.374 e. The van der Waals surface area contributed by atoms with Gasteiger partial charge in [-0.2, -0.15) is 0 Å². The highest BCUT2D eigenvalue weighted by Gasteiger charge is 2.27. The van der Waals surface area contributed by atoms with Gasteiger partial charge in [0.2, 0.25) is 0 Å². The molecule has 2 unspecified atom stereocenters. The molecule has 0 aromatic heterocycles. The Morgan fingerprint density at radius 2 is 1.95 bits per heavy atom. The Bertz CT molecular complexity index is 445. The first kappa shape index (κ1) is 14.5. The number of rotatable bonds is 3. The smallest absolute Gasteiger partial charge is 0.0894 e. The minimum atomic E-state index is -0.0337. The predicted molar refractivity (Wildman–Crippen MR) is 79.4 cm³/mol. The third-order valence-corrected chi connectivity index (χ3v) is 4.27. The summed E-state index contributed by atoms with van der Waals surface area (Å²) in [6, 6.07) is 4.42. The molecule has 1 aliphatic rings. The van der Waals surface area contributed by atoms with Gasteiger partial charge in [-0.1, -0.05) is 19.1 Å². The molecule has 1 saturated heterocycles. The van der Waals surface area contributed by atoms with Crippen LogP contribution in [0.5, 0.6) is 0 Å². The normalized spacial score (nSPS) is 22.5. The lowest BCUT2D eigenvalue weighted by molar-refractivity contribution is -0.0393. The molecule has 1 aromatic rings. The lowest BCUT2D eigenvalue weighted by atomic mass is 9.93. The maximum atomic E-state index is 6.45. The number of nitrogens with two attached hydrogens (primary N) is 1. The van der Waals surface area contributed by atoms with Gasteiger partial charge in [0.15, 0.2) is 0 Å². The van der Waals surface area contributed by atoms with Crippen molar-refractivity contribution < 1.29 is 4.74 Å². The first-order valence-corrected chi connectivity index (χ1v) is 7.20. The molecule has 2 atom stereocenters. The molecular formula is C16H26N2O. The Labute approximate surface area is 116 Å². The lowest BCUT2D eigenvalue weighted by Gasteiger charge is -2.35. The van der Waals surface area contributed by atoms with Crippen LogP contribution in [0.1, 0.15) is 35.2 Å². The van der Waals surface area contributed by atoms with Gasteiger partial charge in [-0.15, -0.1) is 0 Å². The van der Waals surface area contributed by atoms with Gasteiger partial charge < -0.3 is 10.5 Å². The number of hydrogen-bond donors (Lipinski definition) is 1. The van der Waals surface area contributed by atoms with E-state index in [9.17, 15) is 0 Å². The molecule has 3 nitrogen and oxygen atoms in total. The van der Waals surface area contributed by atoms with Gasteiger partial charge in [0.25, 0.3) is 0 Å². The van der Waals surface area contributed by atoms with Gasteiger partial charge in [0.05, 0.1) is 18.8 Å². The summed E-state index contributed by atoms with van der Waals surface area (Å²) in [5.41, 5.74) is 11.6. The molecule has 0 amide bonds. The maximum Gasteiger partial charge on any atom is 0.0894 e. The summed E-state index contributed by atoms with van der Waals surface area (Å²) in [4.78, 5) is 2.41. The quantitative estimate of drug-likeness (QED) is 0.908. The first-order valence-electron chi connectivity index (χ1n) is 7.20. The molecule has 1 fully saturated rings. The molecule has 0 radical (unpaired) electrons. The van der Waals surface area contributed by atoms with Gasteiger partial charge in [-0.3, -0.25) is 4.90 Å². The fraction of sp³-hybridized carbons (Fsp3) is 0.625. The monoisotopic (exact) mass is 262 g/mol. The van der Waals surface area contributed by atoms with Crippen molar-refractivity contribution in [2.24, 2.45) is 5.73 Å². The van der Waals surface area contributed by atoms with Crippen LogP contribution in [0.4, 0.5) is 0 Å². The van der Waals surface area contributed by atoms with E-state index in [0.717, 1.165) is 26.2 Å². The van der Waals surface area contributed by atoms with E-state index in [1.165, 1.54) is 22.3 Å². The lowest BCUT2D eigenvalue weighted by Crippen LogP contribution is -2.47. The molecule has 1 aromatic carbocycles. The number of likely N-dealkylation sites (N-methyl/N-ethyl adjacent to an activating group) is 1. The molecule has 0 bridgehead atoms. The Morgan fingerprint density at radius 3 is 2.63 bits per heavy atom. The number of ether oxygens (including phenoxy) is 1. The molecule has 1 heterocycles. The first-order chi connectivity index (χ1) is 9.02. The van der Waals surface area contributed by atoms with Crippen molar-refractivity contribution in [3.63, 3.8) is 0 Å². The minimum absolute atomic E-state index is 0.0337. The van der Waals surface area contributed by atoms with Crippen LogP contribution in [-0.2, 0) is 4.74 Å². The second kappa shape index (κ2) is 6.04. The molecule has 0 spiro atoms. The molecule has 3 heteroatoms. The summed E-state index contributed by atoms with van der Waals surface area (Å²) in [5, 5.41) is 0. The fourth-order valence-electron chi connectivity index (χ4n) is 2.78. The summed E-state index contributed by atoms with van der Waals surface area (Å²) in [7, 11) is 0. The van der Waals surface area contributed by atoms with Crippen molar-refractivity contribution in [3.05, 3.63) is 34.4 Å². The van der Waals surface area contributed by atoms with Gasteiger partial charge in [-0.05, 0) is 49.6 Å². The second-order valence-electron chi connectivity index (χ2n) is 5.62. The third kappa shape index (κ3) is 3.16. The Balaban J connectivity index is 2.19. The van der Waals surface area contributed by atoms with Crippen LogP contribution >= 0.6 is 0 Å². The Morgan fingerprint density at radius 1 is 1.26 bits per heavy atom. The highest BCUT2D eigenvalue weighted by Crippen LogP contribution is 2.25. The molecule has 106 valence electrons. The van der Waals surface area contributed by atoms with Crippen LogP contribution in [0.3, 0.4) is 0 Å². The third-order valence-electron chi connectivity index (χ3n) is 4.27. The summed E-state index contributed by atoms with van der Waals surface area (Å²) in [6.07, 6.45) is 0.106. The topological polar surface area (TPSA) is 38.5 Å². The fourth-order valence-corrected chi connectivity index (χ4v) is 2.78. The second-order valence-corrected chi connectivity index (χ2v) is 5.62.